The smallest absolute Gasteiger partial charge is 0.251 e. The number of methoxy groups -OCH3 is 1. The van der Waals surface area contributed by atoms with Gasteiger partial charge in [-0.2, -0.15) is 0 Å². The average Bonchev–Trinajstić information content (AvgIpc) is 2.26. The highest BCUT2D eigenvalue weighted by Gasteiger charge is 2.09. The van der Waals surface area contributed by atoms with Gasteiger partial charge in [-0.15, -0.1) is 0 Å². The summed E-state index contributed by atoms with van der Waals surface area (Å²) in [7, 11) is -2.13. The van der Waals surface area contributed by atoms with E-state index in [4.69, 9.17) is 15.6 Å². The molecule has 0 fully saturated rings. The fraction of sp³-hybridized carbons (Fsp3) is 0.300. The minimum atomic E-state index is -3.59. The Labute approximate surface area is 105 Å². The second kappa shape index (κ2) is 5.69. The lowest BCUT2D eigenvalue weighted by atomic mass is 10.2. The Bertz CT molecular complexity index is 542. The van der Waals surface area contributed by atoms with Gasteiger partial charge in [0, 0.05) is 23.9 Å². The van der Waals surface area contributed by atoms with Crippen LogP contribution in [0.2, 0.25) is 0 Å². The molecule has 1 rings (SSSR count). The molecule has 0 saturated heterocycles. The number of rotatable bonds is 5. The summed E-state index contributed by atoms with van der Waals surface area (Å²) in [5.41, 5.74) is 6.27. The van der Waals surface area contributed by atoms with E-state index in [2.05, 4.69) is 5.32 Å². The van der Waals surface area contributed by atoms with E-state index in [0.717, 1.165) is 0 Å². The van der Waals surface area contributed by atoms with Gasteiger partial charge in [0.05, 0.1) is 12.9 Å². The van der Waals surface area contributed by atoms with E-state index in [0.29, 0.717) is 17.0 Å². The van der Waals surface area contributed by atoms with Gasteiger partial charge >= 0.3 is 0 Å². The van der Waals surface area contributed by atoms with Crippen molar-refractivity contribution in [2.45, 2.75) is 0 Å². The Kier molecular flexibility index (Phi) is 4.51. The SMILES string of the molecule is COc1cc(N)cc(C(=O)NCCS(N)(=O)=O)c1. The largest absolute Gasteiger partial charge is 0.497 e. The monoisotopic (exact) mass is 273 g/mol. The molecule has 0 spiro atoms. The highest BCUT2D eigenvalue weighted by Crippen LogP contribution is 2.18. The summed E-state index contributed by atoms with van der Waals surface area (Å²) >= 11 is 0. The highest BCUT2D eigenvalue weighted by atomic mass is 32.2. The quantitative estimate of drug-likeness (QED) is 0.611. The molecular formula is C10H15N3O4S. The second-order valence-electron chi connectivity index (χ2n) is 3.62. The number of carbonyl (C=O) groups excluding carboxylic acids is 1. The zero-order chi connectivity index (χ0) is 13.8. The fourth-order valence-corrected chi connectivity index (χ4v) is 1.67. The Morgan fingerprint density at radius 3 is 2.61 bits per heavy atom. The van der Waals surface area contributed by atoms with Crippen LogP contribution in [0, 0.1) is 0 Å². The number of nitrogen functional groups attached to an aromatic ring is 1. The van der Waals surface area contributed by atoms with Crippen molar-refractivity contribution in [2.75, 3.05) is 25.1 Å². The van der Waals surface area contributed by atoms with Gasteiger partial charge in [-0.1, -0.05) is 0 Å². The molecule has 0 bridgehead atoms. The normalized spacial score (nSPS) is 11.0. The van der Waals surface area contributed by atoms with E-state index in [1.54, 1.807) is 6.07 Å². The lowest BCUT2D eigenvalue weighted by Gasteiger charge is -2.07. The first-order valence-corrected chi connectivity index (χ1v) is 6.76. The maximum absolute atomic E-state index is 11.7. The summed E-state index contributed by atoms with van der Waals surface area (Å²) in [6.07, 6.45) is 0. The van der Waals surface area contributed by atoms with Gasteiger partial charge < -0.3 is 15.8 Å². The molecule has 0 atom stereocenters. The molecular weight excluding hydrogens is 258 g/mol. The van der Waals surface area contributed by atoms with E-state index >= 15 is 0 Å². The number of hydrogen-bond acceptors (Lipinski definition) is 5. The van der Waals surface area contributed by atoms with Crippen LogP contribution in [0.5, 0.6) is 5.75 Å². The minimum absolute atomic E-state index is 0.0607. The predicted octanol–water partition coefficient (Wildman–Crippen LogP) is -0.704. The molecule has 5 N–H and O–H groups in total. The number of nitrogens with two attached hydrogens (primary N) is 2. The molecule has 0 aliphatic rings. The first-order valence-electron chi connectivity index (χ1n) is 5.05. The van der Waals surface area contributed by atoms with Crippen LogP contribution < -0.4 is 20.9 Å². The van der Waals surface area contributed by atoms with Gasteiger partial charge in [0.2, 0.25) is 10.0 Å². The Morgan fingerprint density at radius 2 is 2.06 bits per heavy atom. The summed E-state index contributed by atoms with van der Waals surface area (Å²) in [6.45, 7) is -0.0607. The Hall–Kier alpha value is -1.80. The Balaban J connectivity index is 2.69. The molecule has 0 aliphatic carbocycles. The Morgan fingerprint density at radius 1 is 1.39 bits per heavy atom. The van der Waals surface area contributed by atoms with E-state index in [9.17, 15) is 13.2 Å². The van der Waals surface area contributed by atoms with E-state index in [1.807, 2.05) is 0 Å². The summed E-state index contributed by atoms with van der Waals surface area (Å²) in [5, 5.41) is 7.24. The zero-order valence-electron chi connectivity index (χ0n) is 9.84. The number of sulfonamides is 1. The van der Waals surface area contributed by atoms with E-state index in [1.165, 1.54) is 19.2 Å². The van der Waals surface area contributed by atoms with Gasteiger partial charge in [0.1, 0.15) is 5.75 Å². The minimum Gasteiger partial charge on any atom is -0.497 e. The van der Waals surface area contributed by atoms with Crippen molar-refractivity contribution in [3.05, 3.63) is 23.8 Å². The maximum Gasteiger partial charge on any atom is 0.251 e. The average molecular weight is 273 g/mol. The molecule has 1 aromatic rings. The summed E-state index contributed by atoms with van der Waals surface area (Å²) in [5.74, 6) is -0.311. The van der Waals surface area contributed by atoms with Crippen LogP contribution in [-0.4, -0.2) is 33.7 Å². The fourth-order valence-electron chi connectivity index (χ4n) is 1.28. The molecule has 0 aromatic heterocycles. The maximum atomic E-state index is 11.7. The number of primary sulfonamides is 1. The van der Waals surface area contributed by atoms with Crippen molar-refractivity contribution < 1.29 is 17.9 Å². The second-order valence-corrected chi connectivity index (χ2v) is 5.35. The van der Waals surface area contributed by atoms with Crippen LogP contribution in [0.4, 0.5) is 5.69 Å². The molecule has 0 saturated carbocycles. The molecule has 8 heteroatoms. The first kappa shape index (κ1) is 14.3. The third-order valence-electron chi connectivity index (χ3n) is 2.10. The van der Waals surface area contributed by atoms with Gasteiger partial charge in [0.25, 0.3) is 5.91 Å². The molecule has 7 nitrogen and oxygen atoms in total. The molecule has 0 unspecified atom stereocenters. The number of anilines is 1. The summed E-state index contributed by atoms with van der Waals surface area (Å²) < 4.78 is 26.3. The van der Waals surface area contributed by atoms with Crippen LogP contribution in [0.15, 0.2) is 18.2 Å². The molecule has 1 amide bonds. The van der Waals surface area contributed by atoms with Crippen molar-refractivity contribution in [3.63, 3.8) is 0 Å². The number of amides is 1. The van der Waals surface area contributed by atoms with Crippen LogP contribution >= 0.6 is 0 Å². The van der Waals surface area contributed by atoms with Crippen LogP contribution in [-0.2, 0) is 10.0 Å². The highest BCUT2D eigenvalue weighted by molar-refractivity contribution is 7.89. The molecule has 0 radical (unpaired) electrons. The molecule has 1 aromatic carbocycles. The van der Waals surface area contributed by atoms with Crippen molar-refractivity contribution in [1.82, 2.24) is 5.32 Å². The van der Waals surface area contributed by atoms with Gasteiger partial charge in [-0.25, -0.2) is 13.6 Å². The first-order chi connectivity index (χ1) is 8.31. The number of benzene rings is 1. The summed E-state index contributed by atoms with van der Waals surface area (Å²) in [6, 6.07) is 4.54. The van der Waals surface area contributed by atoms with Crippen LogP contribution in [0.1, 0.15) is 10.4 Å². The number of carbonyl (C=O) groups is 1. The molecule has 0 heterocycles. The summed E-state index contributed by atoms with van der Waals surface area (Å²) in [4.78, 5) is 11.7. The van der Waals surface area contributed by atoms with Gasteiger partial charge in [-0.3, -0.25) is 4.79 Å². The number of nitrogens with one attached hydrogen (secondary N) is 1. The zero-order valence-corrected chi connectivity index (χ0v) is 10.7. The lowest BCUT2D eigenvalue weighted by Crippen LogP contribution is -2.31. The molecule has 18 heavy (non-hydrogen) atoms. The van der Waals surface area contributed by atoms with Crippen molar-refractivity contribution >= 4 is 21.6 Å². The van der Waals surface area contributed by atoms with Crippen molar-refractivity contribution in [2.24, 2.45) is 5.14 Å². The standard InChI is InChI=1S/C10H15N3O4S/c1-17-9-5-7(4-8(11)6-9)10(14)13-2-3-18(12,15)16/h4-6H,2-3,11H2,1H3,(H,13,14)(H2,12,15,16). The lowest BCUT2D eigenvalue weighted by molar-refractivity contribution is 0.0956. The molecule has 0 aliphatic heterocycles. The predicted molar refractivity (Wildman–Crippen MR) is 67.7 cm³/mol. The molecule has 100 valence electrons. The third-order valence-corrected chi connectivity index (χ3v) is 2.87. The van der Waals surface area contributed by atoms with Crippen molar-refractivity contribution in [1.29, 1.82) is 0 Å². The van der Waals surface area contributed by atoms with E-state index in [-0.39, 0.29) is 12.3 Å². The van der Waals surface area contributed by atoms with Crippen LogP contribution in [0.3, 0.4) is 0 Å². The van der Waals surface area contributed by atoms with E-state index < -0.39 is 15.9 Å². The topological polar surface area (TPSA) is 125 Å². The van der Waals surface area contributed by atoms with Crippen LogP contribution in [0.25, 0.3) is 0 Å². The van der Waals surface area contributed by atoms with Gasteiger partial charge in [-0.05, 0) is 12.1 Å². The number of hydrogen-bond donors (Lipinski definition) is 3. The van der Waals surface area contributed by atoms with Crippen molar-refractivity contribution in [3.8, 4) is 5.75 Å². The van der Waals surface area contributed by atoms with Gasteiger partial charge in [0.15, 0.2) is 0 Å². The number of ether oxygens (including phenoxy) is 1. The third kappa shape index (κ3) is 4.60.